The maximum atomic E-state index is 15.9. The predicted molar refractivity (Wildman–Crippen MR) is 258 cm³/mol. The lowest BCUT2D eigenvalue weighted by molar-refractivity contribution is -0.384. The van der Waals surface area contributed by atoms with Crippen molar-refractivity contribution in [3.63, 3.8) is 0 Å². The number of carbonyl (C=O) groups is 1. The molecule has 1 spiro atoms. The Morgan fingerprint density at radius 1 is 0.986 bits per heavy atom. The molecule has 3 aliphatic heterocycles. The molecule has 1 aliphatic carbocycles. The average Bonchev–Trinajstić information content (AvgIpc) is 4.12. The summed E-state index contributed by atoms with van der Waals surface area (Å²) in [5.74, 6) is 0.0982. The summed E-state index contributed by atoms with van der Waals surface area (Å²) in [6.45, 7) is 4.98. The standard InChI is InChI=1S/C49H55F4N11O6S/c1-30(2)34-6-3-4-7-35(34)37-8-5-15-63(37)32-23-47(24-32)10-18-62(19-11-47)41-22-39(70-33-20-31-9-14-54-45(31)56-25-33)36(26-55-41)46(65)60-71(68,69)40-21-38(64(66)67)42(44-43(40)58-29-59-44)57-27-48(50)12-16-61(17-13-48)28-49(51,52)53/h3-4,6-7,9,14,20-22,25-26,29-30,32,37,57H,5,8,10-13,15-19,23-24,27-28H2,1-2H3,(H,54,56)(H,58,59)(H,60,65)/t37-/m0/s1. The molecule has 71 heavy (non-hydrogen) atoms. The SMILES string of the molecule is CC(C)c1ccccc1[C@@H]1CCCN1C1CC2(CCN(c3cc(Oc4cnc5[nH]ccc5c4)c(C(=O)NS(=O)(=O)c4cc([N+](=O)[O-])c(NCC5(F)CCN(CC(F)(F)F)CC5)c5[nH]cnc45)cn3)CC2)C1. The molecule has 0 bridgehead atoms. The lowest BCUT2D eigenvalue weighted by atomic mass is 9.60. The van der Waals surface area contributed by atoms with E-state index in [0.717, 1.165) is 54.9 Å². The molecule has 6 aromatic rings. The number of nitrogens with zero attached hydrogens (tertiary/aromatic N) is 7. The van der Waals surface area contributed by atoms with Gasteiger partial charge < -0.3 is 24.9 Å². The zero-order valence-electron chi connectivity index (χ0n) is 39.3. The number of nitrogens with one attached hydrogen (secondary N) is 4. The van der Waals surface area contributed by atoms with Gasteiger partial charge in [-0.05, 0) is 92.5 Å². The van der Waals surface area contributed by atoms with Crippen LogP contribution in [0.4, 0.5) is 34.8 Å². The van der Waals surface area contributed by atoms with Crippen LogP contribution in [0, 0.1) is 15.5 Å². The second-order valence-corrected chi connectivity index (χ2v) is 21.6. The van der Waals surface area contributed by atoms with Crippen LogP contribution in [0.3, 0.4) is 0 Å². The van der Waals surface area contributed by atoms with Gasteiger partial charge in [-0.1, -0.05) is 38.1 Å². The number of H-pyrrole nitrogens is 2. The number of aromatic nitrogens is 5. The number of hydrogen-bond donors (Lipinski definition) is 4. The van der Waals surface area contributed by atoms with Gasteiger partial charge in [-0.15, -0.1) is 0 Å². The van der Waals surface area contributed by atoms with Crippen molar-refractivity contribution < 1.29 is 40.4 Å². The molecule has 1 amide bonds. The van der Waals surface area contributed by atoms with Crippen LogP contribution in [-0.2, 0) is 10.0 Å². The van der Waals surface area contributed by atoms with Gasteiger partial charge in [-0.2, -0.15) is 13.2 Å². The first-order chi connectivity index (χ1) is 33.9. The minimum absolute atomic E-state index is 0.00929. The zero-order chi connectivity index (χ0) is 49.9. The number of ether oxygens (including phenoxy) is 1. The maximum absolute atomic E-state index is 15.9. The van der Waals surface area contributed by atoms with E-state index in [4.69, 9.17) is 4.74 Å². The second-order valence-electron chi connectivity index (χ2n) is 19.9. The number of amides is 1. The molecular weight excluding hydrogens is 947 g/mol. The summed E-state index contributed by atoms with van der Waals surface area (Å²) in [6, 6.07) is 15.7. The highest BCUT2D eigenvalue weighted by Crippen LogP contribution is 2.54. The smallest absolute Gasteiger partial charge is 0.401 e. The molecule has 10 rings (SSSR count). The number of rotatable bonds is 14. The topological polar surface area (TPSA) is 208 Å². The first kappa shape index (κ1) is 48.2. The molecule has 376 valence electrons. The summed E-state index contributed by atoms with van der Waals surface area (Å²) in [5, 5.41) is 15.9. The Morgan fingerprint density at radius 3 is 2.48 bits per heavy atom. The number of imidazole rings is 1. The van der Waals surface area contributed by atoms with Crippen molar-refractivity contribution >= 4 is 55.2 Å². The van der Waals surface area contributed by atoms with E-state index in [1.807, 2.05) is 4.72 Å². The molecule has 0 radical (unpaired) electrons. The minimum atomic E-state index is -4.93. The number of anilines is 2. The molecule has 1 atom stereocenters. The maximum Gasteiger partial charge on any atom is 0.401 e. The number of benzene rings is 2. The highest BCUT2D eigenvalue weighted by Gasteiger charge is 2.50. The van der Waals surface area contributed by atoms with Gasteiger partial charge >= 0.3 is 6.18 Å². The van der Waals surface area contributed by atoms with E-state index in [1.54, 1.807) is 24.4 Å². The van der Waals surface area contributed by atoms with Gasteiger partial charge in [0, 0.05) is 74.7 Å². The van der Waals surface area contributed by atoms with Crippen molar-refractivity contribution in [2.75, 3.05) is 56.0 Å². The number of sulfonamides is 1. The third-order valence-electron chi connectivity index (χ3n) is 15.0. The van der Waals surface area contributed by atoms with Crippen LogP contribution in [-0.4, -0.2) is 118 Å². The van der Waals surface area contributed by atoms with Crippen molar-refractivity contribution in [1.29, 1.82) is 0 Å². The van der Waals surface area contributed by atoms with Gasteiger partial charge in [0.2, 0.25) is 0 Å². The lowest BCUT2D eigenvalue weighted by Crippen LogP contribution is -2.55. The number of nitro groups is 1. The van der Waals surface area contributed by atoms with Crippen LogP contribution in [0.1, 0.15) is 98.7 Å². The Bertz CT molecular complexity index is 3090. The van der Waals surface area contributed by atoms with E-state index < -0.39 is 56.4 Å². The third kappa shape index (κ3) is 9.84. The van der Waals surface area contributed by atoms with Crippen LogP contribution in [0.15, 0.2) is 78.3 Å². The van der Waals surface area contributed by atoms with Crippen LogP contribution in [0.25, 0.3) is 22.1 Å². The van der Waals surface area contributed by atoms with E-state index >= 15 is 4.39 Å². The van der Waals surface area contributed by atoms with Crippen LogP contribution in [0.2, 0.25) is 0 Å². The molecule has 1 saturated carbocycles. The van der Waals surface area contributed by atoms with Crippen molar-refractivity contribution in [2.24, 2.45) is 5.41 Å². The first-order valence-electron chi connectivity index (χ1n) is 24.0. The molecule has 7 heterocycles. The number of pyridine rings is 2. The quantitative estimate of drug-likeness (QED) is 0.0457. The highest BCUT2D eigenvalue weighted by molar-refractivity contribution is 7.90. The van der Waals surface area contributed by atoms with E-state index in [9.17, 15) is 36.5 Å². The van der Waals surface area contributed by atoms with Crippen LogP contribution in [0.5, 0.6) is 11.5 Å². The Balaban J connectivity index is 0.861. The summed E-state index contributed by atoms with van der Waals surface area (Å²) < 4.78 is 91.5. The van der Waals surface area contributed by atoms with Crippen molar-refractivity contribution in [1.82, 2.24) is 39.4 Å². The summed E-state index contributed by atoms with van der Waals surface area (Å²) in [6.07, 6.45) is 7.04. The number of alkyl halides is 4. The molecule has 2 aromatic carbocycles. The lowest BCUT2D eigenvalue weighted by Gasteiger charge is -2.56. The summed E-state index contributed by atoms with van der Waals surface area (Å²) in [4.78, 5) is 49.9. The van der Waals surface area contributed by atoms with Gasteiger partial charge in [0.15, 0.2) is 0 Å². The fourth-order valence-corrected chi connectivity index (χ4v) is 12.4. The Kier molecular flexibility index (Phi) is 12.7. The number of halogens is 4. The molecule has 4 aromatic heterocycles. The predicted octanol–water partition coefficient (Wildman–Crippen LogP) is 9.14. The Labute approximate surface area is 407 Å². The zero-order valence-corrected chi connectivity index (χ0v) is 40.1. The molecule has 4 fully saturated rings. The van der Waals surface area contributed by atoms with Gasteiger partial charge in [0.1, 0.15) is 50.3 Å². The fourth-order valence-electron chi connectivity index (χ4n) is 11.3. The number of hydrogen-bond acceptors (Lipinski definition) is 13. The summed E-state index contributed by atoms with van der Waals surface area (Å²) >= 11 is 0. The van der Waals surface area contributed by atoms with Gasteiger partial charge in [-0.3, -0.25) is 24.7 Å². The number of likely N-dealkylation sites (tertiary alicyclic amines) is 2. The third-order valence-corrected chi connectivity index (χ3v) is 16.4. The monoisotopic (exact) mass is 1000 g/mol. The van der Waals surface area contributed by atoms with Crippen LogP contribution < -0.4 is 19.7 Å². The summed E-state index contributed by atoms with van der Waals surface area (Å²) in [7, 11) is -4.93. The molecular formula is C49H55F4N11O6S. The van der Waals surface area contributed by atoms with Crippen molar-refractivity contribution in [3.8, 4) is 11.5 Å². The largest absolute Gasteiger partial charge is 0.455 e. The average molecular weight is 1000 g/mol. The van der Waals surface area contributed by atoms with Gasteiger partial charge in [0.25, 0.3) is 21.6 Å². The molecule has 4 aliphatic rings. The molecule has 17 nitrogen and oxygen atoms in total. The van der Waals surface area contributed by atoms with Crippen LogP contribution >= 0.6 is 0 Å². The van der Waals surface area contributed by atoms with E-state index in [-0.39, 0.29) is 65.1 Å². The number of aromatic amines is 2. The molecule has 22 heteroatoms. The number of fused-ring (bicyclic) bond motifs is 2. The van der Waals surface area contributed by atoms with E-state index in [2.05, 4.69) is 78.1 Å². The van der Waals surface area contributed by atoms with Crippen molar-refractivity contribution in [3.05, 3.63) is 100 Å². The Morgan fingerprint density at radius 2 is 1.75 bits per heavy atom. The number of nitro benzene ring substituents is 1. The minimum Gasteiger partial charge on any atom is -0.455 e. The fraction of sp³-hybridized carbons (Fsp3) is 0.469. The Hall–Kier alpha value is -6.39. The normalized spacial score (nSPS) is 19.9. The highest BCUT2D eigenvalue weighted by atomic mass is 32.2. The van der Waals surface area contributed by atoms with Gasteiger partial charge in [-0.25, -0.2) is 32.5 Å². The number of piperidine rings is 2. The number of carbonyl (C=O) groups excluding carboxylic acids is 1. The van der Waals surface area contributed by atoms with Crippen molar-refractivity contribution in [2.45, 2.75) is 100.0 Å². The molecule has 3 saturated heterocycles. The summed E-state index contributed by atoms with van der Waals surface area (Å²) in [5.41, 5.74) is -0.0837. The first-order valence-corrected chi connectivity index (χ1v) is 25.5. The second kappa shape index (κ2) is 18.7. The molecule has 4 N–H and O–H groups in total. The van der Waals surface area contributed by atoms with Gasteiger partial charge in [0.05, 0.1) is 29.5 Å². The molecule has 0 unspecified atom stereocenters. The van der Waals surface area contributed by atoms with E-state index in [0.29, 0.717) is 42.6 Å². The van der Waals surface area contributed by atoms with E-state index in [1.165, 1.54) is 36.4 Å².